The van der Waals surface area contributed by atoms with E-state index in [0.29, 0.717) is 0 Å². The van der Waals surface area contributed by atoms with E-state index in [0.717, 1.165) is 31.9 Å². The second kappa shape index (κ2) is 7.06. The monoisotopic (exact) mass is 312 g/mol. The van der Waals surface area contributed by atoms with Crippen LogP contribution in [0.15, 0.2) is 42.9 Å². The zero-order chi connectivity index (χ0) is 16.2. The number of rotatable bonds is 5. The maximum atomic E-state index is 10.3. The summed E-state index contributed by atoms with van der Waals surface area (Å²) >= 11 is 0. The normalized spacial score (nSPS) is 21.5. The molecule has 5 heteroatoms. The van der Waals surface area contributed by atoms with Crippen LogP contribution in [0.1, 0.15) is 11.1 Å². The number of aromatic nitrogens is 2. The second-order valence-electron chi connectivity index (χ2n) is 6.50. The molecule has 3 heterocycles. The van der Waals surface area contributed by atoms with E-state index in [1.54, 1.807) is 0 Å². The van der Waals surface area contributed by atoms with Gasteiger partial charge in [0.1, 0.15) is 5.82 Å². The molecule has 0 unspecified atom stereocenters. The highest BCUT2D eigenvalue weighted by molar-refractivity contribution is 5.37. The SMILES string of the molecule is CN(C)c1ccc(CN2C[C@@H](Cc3ccncc3)[C@@H](O)C2)cn1. The number of hydrogen-bond donors (Lipinski definition) is 1. The van der Waals surface area contributed by atoms with Crippen molar-refractivity contribution in [3.8, 4) is 0 Å². The van der Waals surface area contributed by atoms with Gasteiger partial charge in [-0.3, -0.25) is 9.88 Å². The van der Waals surface area contributed by atoms with Crippen molar-refractivity contribution < 1.29 is 5.11 Å². The molecule has 122 valence electrons. The fraction of sp³-hybridized carbons (Fsp3) is 0.444. The van der Waals surface area contributed by atoms with Crippen LogP contribution in [0.4, 0.5) is 5.82 Å². The maximum Gasteiger partial charge on any atom is 0.127 e. The third-order valence-corrected chi connectivity index (χ3v) is 4.40. The molecule has 0 aromatic carbocycles. The molecular formula is C18H24N4O. The zero-order valence-corrected chi connectivity index (χ0v) is 13.8. The molecule has 2 atom stereocenters. The number of likely N-dealkylation sites (tertiary alicyclic amines) is 1. The van der Waals surface area contributed by atoms with E-state index in [1.807, 2.05) is 55.8 Å². The van der Waals surface area contributed by atoms with Gasteiger partial charge in [-0.25, -0.2) is 4.98 Å². The molecule has 1 aliphatic rings. The van der Waals surface area contributed by atoms with Crippen LogP contribution in [0, 0.1) is 5.92 Å². The second-order valence-corrected chi connectivity index (χ2v) is 6.50. The van der Waals surface area contributed by atoms with Gasteiger partial charge in [-0.1, -0.05) is 6.07 Å². The van der Waals surface area contributed by atoms with Gasteiger partial charge in [0.05, 0.1) is 6.10 Å². The van der Waals surface area contributed by atoms with E-state index < -0.39 is 0 Å². The summed E-state index contributed by atoms with van der Waals surface area (Å²) in [5.41, 5.74) is 2.43. The molecule has 23 heavy (non-hydrogen) atoms. The first kappa shape index (κ1) is 15.9. The van der Waals surface area contributed by atoms with Crippen LogP contribution in [0.3, 0.4) is 0 Å². The predicted molar refractivity (Wildman–Crippen MR) is 91.3 cm³/mol. The van der Waals surface area contributed by atoms with Crippen LogP contribution in [0.2, 0.25) is 0 Å². The van der Waals surface area contributed by atoms with E-state index in [9.17, 15) is 5.11 Å². The lowest BCUT2D eigenvalue weighted by Crippen LogP contribution is -2.21. The molecule has 5 nitrogen and oxygen atoms in total. The van der Waals surface area contributed by atoms with Gasteiger partial charge in [0.2, 0.25) is 0 Å². The van der Waals surface area contributed by atoms with Gasteiger partial charge in [-0.15, -0.1) is 0 Å². The molecule has 0 aliphatic carbocycles. The number of nitrogens with zero attached hydrogens (tertiary/aromatic N) is 4. The van der Waals surface area contributed by atoms with Crippen molar-refractivity contribution in [1.29, 1.82) is 0 Å². The van der Waals surface area contributed by atoms with E-state index in [-0.39, 0.29) is 12.0 Å². The van der Waals surface area contributed by atoms with Gasteiger partial charge in [0.15, 0.2) is 0 Å². The topological polar surface area (TPSA) is 52.5 Å². The predicted octanol–water partition coefficient (Wildman–Crippen LogP) is 1.58. The van der Waals surface area contributed by atoms with Crippen LogP contribution in [0.25, 0.3) is 0 Å². The van der Waals surface area contributed by atoms with Gasteiger partial charge in [-0.05, 0) is 35.7 Å². The number of hydrogen-bond acceptors (Lipinski definition) is 5. The Morgan fingerprint density at radius 2 is 1.91 bits per heavy atom. The summed E-state index contributed by atoms with van der Waals surface area (Å²) in [6.07, 6.45) is 6.19. The molecule has 3 rings (SSSR count). The molecular weight excluding hydrogens is 288 g/mol. The van der Waals surface area contributed by atoms with E-state index in [1.165, 1.54) is 11.1 Å². The fourth-order valence-electron chi connectivity index (χ4n) is 3.13. The van der Waals surface area contributed by atoms with Gasteiger partial charge >= 0.3 is 0 Å². The van der Waals surface area contributed by atoms with Crippen molar-refractivity contribution in [2.75, 3.05) is 32.1 Å². The highest BCUT2D eigenvalue weighted by Crippen LogP contribution is 2.23. The average Bonchev–Trinajstić information content (AvgIpc) is 2.88. The Kier molecular flexibility index (Phi) is 4.88. The quantitative estimate of drug-likeness (QED) is 0.908. The van der Waals surface area contributed by atoms with Gasteiger partial charge in [0.25, 0.3) is 0 Å². The Balaban J connectivity index is 1.58. The Labute approximate surface area is 137 Å². The van der Waals surface area contributed by atoms with Crippen LogP contribution in [-0.2, 0) is 13.0 Å². The summed E-state index contributed by atoms with van der Waals surface area (Å²) in [7, 11) is 3.98. The summed E-state index contributed by atoms with van der Waals surface area (Å²) < 4.78 is 0. The van der Waals surface area contributed by atoms with Gasteiger partial charge in [-0.2, -0.15) is 0 Å². The molecule has 1 fully saturated rings. The lowest BCUT2D eigenvalue weighted by Gasteiger charge is -2.16. The van der Waals surface area contributed by atoms with Gasteiger partial charge in [0, 0.05) is 58.2 Å². The first-order valence-electron chi connectivity index (χ1n) is 8.03. The first-order valence-corrected chi connectivity index (χ1v) is 8.03. The van der Waals surface area contributed by atoms with E-state index in [2.05, 4.69) is 20.9 Å². The summed E-state index contributed by atoms with van der Waals surface area (Å²) in [5, 5.41) is 10.3. The summed E-state index contributed by atoms with van der Waals surface area (Å²) in [6, 6.07) is 8.21. The van der Waals surface area contributed by atoms with E-state index in [4.69, 9.17) is 0 Å². The minimum absolute atomic E-state index is 0.267. The number of aliphatic hydroxyl groups is 1. The Hall–Kier alpha value is -1.98. The third-order valence-electron chi connectivity index (χ3n) is 4.40. The molecule has 1 saturated heterocycles. The van der Waals surface area contributed by atoms with Crippen molar-refractivity contribution in [3.63, 3.8) is 0 Å². The third kappa shape index (κ3) is 4.06. The van der Waals surface area contributed by atoms with Crippen LogP contribution < -0.4 is 4.90 Å². The first-order chi connectivity index (χ1) is 11.1. The molecule has 0 bridgehead atoms. The molecule has 2 aromatic rings. The molecule has 1 N–H and O–H groups in total. The molecule has 2 aromatic heterocycles. The lowest BCUT2D eigenvalue weighted by molar-refractivity contribution is 0.141. The largest absolute Gasteiger partial charge is 0.391 e. The van der Waals surface area contributed by atoms with Crippen LogP contribution in [-0.4, -0.2) is 53.3 Å². The summed E-state index contributed by atoms with van der Waals surface area (Å²) in [5.74, 6) is 1.25. The molecule has 0 radical (unpaired) electrons. The van der Waals surface area contributed by atoms with Crippen LogP contribution in [0.5, 0.6) is 0 Å². The number of aliphatic hydroxyl groups excluding tert-OH is 1. The summed E-state index contributed by atoms with van der Waals surface area (Å²) in [6.45, 7) is 2.48. The number of anilines is 1. The highest BCUT2D eigenvalue weighted by Gasteiger charge is 2.31. The molecule has 1 aliphatic heterocycles. The lowest BCUT2D eigenvalue weighted by atomic mass is 9.97. The number of β-amino-alcohol motifs (C(OH)–C–C–N with tert-alkyl or cyclic N) is 1. The van der Waals surface area contributed by atoms with Crippen molar-refractivity contribution in [2.45, 2.75) is 19.1 Å². The highest BCUT2D eigenvalue weighted by atomic mass is 16.3. The summed E-state index contributed by atoms with van der Waals surface area (Å²) in [4.78, 5) is 12.8. The fourth-order valence-corrected chi connectivity index (χ4v) is 3.13. The number of pyridine rings is 2. The standard InChI is InChI=1S/C18H24N4O/c1-21(2)18-4-3-15(10-20-18)11-22-12-16(17(23)13-22)9-14-5-7-19-8-6-14/h3-8,10,16-17,23H,9,11-13H2,1-2H3/t16-,17+/m1/s1. The Morgan fingerprint density at radius 3 is 2.57 bits per heavy atom. The minimum atomic E-state index is -0.267. The van der Waals surface area contributed by atoms with Crippen molar-refractivity contribution in [1.82, 2.24) is 14.9 Å². The average molecular weight is 312 g/mol. The smallest absolute Gasteiger partial charge is 0.127 e. The van der Waals surface area contributed by atoms with E-state index >= 15 is 0 Å². The van der Waals surface area contributed by atoms with Crippen molar-refractivity contribution in [2.24, 2.45) is 5.92 Å². The van der Waals surface area contributed by atoms with Crippen LogP contribution >= 0.6 is 0 Å². The van der Waals surface area contributed by atoms with Crippen molar-refractivity contribution in [3.05, 3.63) is 54.0 Å². The molecule has 0 saturated carbocycles. The van der Waals surface area contributed by atoms with Crippen molar-refractivity contribution >= 4 is 5.82 Å². The minimum Gasteiger partial charge on any atom is -0.391 e. The molecule has 0 amide bonds. The zero-order valence-electron chi connectivity index (χ0n) is 13.8. The Bertz CT molecular complexity index is 615. The Morgan fingerprint density at radius 1 is 1.13 bits per heavy atom. The van der Waals surface area contributed by atoms with Gasteiger partial charge < -0.3 is 10.0 Å². The maximum absolute atomic E-state index is 10.3. The molecule has 0 spiro atoms.